The number of ether oxygens (including phenoxy) is 1. The van der Waals surface area contributed by atoms with Crippen LogP contribution >= 0.6 is 0 Å². The highest BCUT2D eigenvalue weighted by atomic mass is 16.5. The first-order valence-electron chi connectivity index (χ1n) is 10.5. The van der Waals surface area contributed by atoms with Gasteiger partial charge < -0.3 is 4.74 Å². The van der Waals surface area contributed by atoms with E-state index in [1.165, 1.54) is 29.5 Å². The molecular formula is C26H33NO2. The van der Waals surface area contributed by atoms with E-state index in [1.54, 1.807) is 6.92 Å². The molecule has 29 heavy (non-hydrogen) atoms. The summed E-state index contributed by atoms with van der Waals surface area (Å²) in [5.74, 6) is 0.109. The molecule has 3 heteroatoms. The Morgan fingerprint density at radius 3 is 2.21 bits per heavy atom. The summed E-state index contributed by atoms with van der Waals surface area (Å²) >= 11 is 0. The van der Waals surface area contributed by atoms with Gasteiger partial charge in [-0.1, -0.05) is 64.1 Å². The number of anilines is 1. The van der Waals surface area contributed by atoms with Gasteiger partial charge in [-0.15, -0.1) is 6.58 Å². The molecule has 2 aromatic carbocycles. The predicted molar refractivity (Wildman–Crippen MR) is 121 cm³/mol. The van der Waals surface area contributed by atoms with E-state index in [0.717, 1.165) is 11.3 Å². The van der Waals surface area contributed by atoms with Crippen LogP contribution in [0.4, 0.5) is 10.5 Å². The van der Waals surface area contributed by atoms with Crippen LogP contribution < -0.4 is 5.32 Å². The van der Waals surface area contributed by atoms with Gasteiger partial charge in [0.05, 0.1) is 6.61 Å². The highest BCUT2D eigenvalue weighted by molar-refractivity contribution is 5.84. The van der Waals surface area contributed by atoms with Crippen molar-refractivity contribution in [3.63, 3.8) is 0 Å². The lowest BCUT2D eigenvalue weighted by atomic mass is 9.62. The number of benzene rings is 2. The average molecular weight is 392 g/mol. The van der Waals surface area contributed by atoms with Gasteiger partial charge in [-0.05, 0) is 65.0 Å². The molecule has 1 aliphatic carbocycles. The van der Waals surface area contributed by atoms with Crippen molar-refractivity contribution in [3.05, 3.63) is 77.4 Å². The summed E-state index contributed by atoms with van der Waals surface area (Å²) in [4.78, 5) is 11.6. The van der Waals surface area contributed by atoms with Crippen molar-refractivity contribution in [3.8, 4) is 0 Å². The summed E-state index contributed by atoms with van der Waals surface area (Å²) in [5, 5.41) is 2.74. The lowest BCUT2D eigenvalue weighted by Gasteiger charge is -2.42. The van der Waals surface area contributed by atoms with Crippen LogP contribution in [0.5, 0.6) is 0 Å². The monoisotopic (exact) mass is 391 g/mol. The minimum Gasteiger partial charge on any atom is -0.450 e. The summed E-state index contributed by atoms with van der Waals surface area (Å²) in [6.07, 6.45) is 3.98. The molecule has 2 aromatic rings. The molecule has 1 unspecified atom stereocenters. The Morgan fingerprint density at radius 1 is 1.03 bits per heavy atom. The maximum absolute atomic E-state index is 11.6. The largest absolute Gasteiger partial charge is 0.450 e. The summed E-state index contributed by atoms with van der Waals surface area (Å²) in [5.41, 5.74) is 6.46. The number of hydrogen-bond acceptors (Lipinski definition) is 2. The molecule has 154 valence electrons. The van der Waals surface area contributed by atoms with Gasteiger partial charge in [0.15, 0.2) is 0 Å². The molecule has 1 amide bonds. The van der Waals surface area contributed by atoms with Crippen LogP contribution in [0, 0.1) is 0 Å². The second-order valence-corrected chi connectivity index (χ2v) is 9.25. The summed E-state index contributed by atoms with van der Waals surface area (Å²) in [6.45, 7) is 15.6. The van der Waals surface area contributed by atoms with Crippen LogP contribution in [-0.4, -0.2) is 12.7 Å². The molecule has 0 aromatic heterocycles. The maximum Gasteiger partial charge on any atom is 0.411 e. The third-order valence-electron chi connectivity index (χ3n) is 6.26. The van der Waals surface area contributed by atoms with Crippen LogP contribution in [0.2, 0.25) is 0 Å². The summed E-state index contributed by atoms with van der Waals surface area (Å²) in [6, 6.07) is 14.9. The van der Waals surface area contributed by atoms with Gasteiger partial charge in [0, 0.05) is 11.6 Å². The van der Waals surface area contributed by atoms with Crippen molar-refractivity contribution in [1.82, 2.24) is 0 Å². The predicted octanol–water partition coefficient (Wildman–Crippen LogP) is 6.92. The Morgan fingerprint density at radius 2 is 1.62 bits per heavy atom. The van der Waals surface area contributed by atoms with Gasteiger partial charge in [0.25, 0.3) is 0 Å². The normalized spacial score (nSPS) is 17.7. The highest BCUT2D eigenvalue weighted by Gasteiger charge is 2.37. The van der Waals surface area contributed by atoms with Gasteiger partial charge in [-0.3, -0.25) is 5.32 Å². The maximum atomic E-state index is 11.6. The zero-order valence-electron chi connectivity index (χ0n) is 18.3. The van der Waals surface area contributed by atoms with Gasteiger partial charge in [0.2, 0.25) is 0 Å². The fraction of sp³-hybridized carbons (Fsp3) is 0.423. The zero-order valence-corrected chi connectivity index (χ0v) is 18.3. The van der Waals surface area contributed by atoms with E-state index in [1.807, 2.05) is 30.3 Å². The molecule has 3 rings (SSSR count). The van der Waals surface area contributed by atoms with Crippen LogP contribution in [0.25, 0.3) is 0 Å². The second-order valence-electron chi connectivity index (χ2n) is 9.25. The summed E-state index contributed by atoms with van der Waals surface area (Å²) in [7, 11) is 0. The Hall–Kier alpha value is -2.55. The van der Waals surface area contributed by atoms with Crippen molar-refractivity contribution >= 4 is 11.8 Å². The van der Waals surface area contributed by atoms with Gasteiger partial charge in [-0.2, -0.15) is 0 Å². The molecule has 0 fully saturated rings. The molecule has 0 radical (unpaired) electrons. The third-order valence-corrected chi connectivity index (χ3v) is 6.26. The molecular weight excluding hydrogens is 358 g/mol. The lowest BCUT2D eigenvalue weighted by molar-refractivity contribution is 0.168. The first-order valence-corrected chi connectivity index (χ1v) is 10.5. The number of allylic oxidation sites excluding steroid dienone is 1. The molecule has 0 aliphatic heterocycles. The number of rotatable bonds is 5. The summed E-state index contributed by atoms with van der Waals surface area (Å²) < 4.78 is 4.94. The average Bonchev–Trinajstić information content (AvgIpc) is 2.68. The van der Waals surface area contributed by atoms with Crippen LogP contribution in [0.3, 0.4) is 0 Å². The number of fused-ring (bicyclic) bond motifs is 1. The van der Waals surface area contributed by atoms with Crippen molar-refractivity contribution in [2.75, 3.05) is 11.9 Å². The Labute approximate surface area is 175 Å². The van der Waals surface area contributed by atoms with Crippen LogP contribution in [-0.2, 0) is 15.6 Å². The third kappa shape index (κ3) is 4.39. The minimum absolute atomic E-state index is 0.109. The van der Waals surface area contributed by atoms with Gasteiger partial charge in [-0.25, -0.2) is 4.79 Å². The number of carbonyl (C=O) groups is 1. The van der Waals surface area contributed by atoms with Crippen molar-refractivity contribution < 1.29 is 9.53 Å². The number of carbonyl (C=O) groups excluding carboxylic acids is 1. The van der Waals surface area contributed by atoms with Gasteiger partial charge in [0.1, 0.15) is 0 Å². The fourth-order valence-corrected chi connectivity index (χ4v) is 4.32. The lowest BCUT2D eigenvalue weighted by Crippen LogP contribution is -2.34. The molecule has 0 spiro atoms. The van der Waals surface area contributed by atoms with Crippen LogP contribution in [0.15, 0.2) is 55.1 Å². The van der Waals surface area contributed by atoms with E-state index in [-0.39, 0.29) is 16.7 Å². The van der Waals surface area contributed by atoms with E-state index in [9.17, 15) is 4.79 Å². The first-order chi connectivity index (χ1) is 13.7. The quantitative estimate of drug-likeness (QED) is 0.562. The van der Waals surface area contributed by atoms with Crippen molar-refractivity contribution in [2.45, 2.75) is 64.2 Å². The molecule has 3 nitrogen and oxygen atoms in total. The van der Waals surface area contributed by atoms with E-state index in [4.69, 9.17) is 4.74 Å². The molecule has 1 aliphatic rings. The number of hydrogen-bond donors (Lipinski definition) is 1. The fourth-order valence-electron chi connectivity index (χ4n) is 4.32. The molecule has 0 saturated carbocycles. The SMILES string of the molecule is C=CC(c1ccc(NC(=O)OCC)cc1)c1ccc2c(c1)C(C)(C)CCC2(C)C. The van der Waals surface area contributed by atoms with Crippen molar-refractivity contribution in [1.29, 1.82) is 0 Å². The first kappa shape index (κ1) is 21.2. The Balaban J connectivity index is 1.91. The molecule has 0 bridgehead atoms. The van der Waals surface area contributed by atoms with E-state index >= 15 is 0 Å². The van der Waals surface area contributed by atoms with E-state index < -0.39 is 6.09 Å². The smallest absolute Gasteiger partial charge is 0.411 e. The molecule has 0 heterocycles. The second kappa shape index (κ2) is 8.06. The number of nitrogens with one attached hydrogen (secondary N) is 1. The molecule has 1 atom stereocenters. The van der Waals surface area contributed by atoms with Crippen molar-refractivity contribution in [2.24, 2.45) is 0 Å². The zero-order chi connectivity index (χ0) is 21.2. The molecule has 1 N–H and O–H groups in total. The molecule has 0 saturated heterocycles. The Bertz CT molecular complexity index is 893. The number of amides is 1. The highest BCUT2D eigenvalue weighted by Crippen LogP contribution is 2.46. The minimum atomic E-state index is -0.431. The van der Waals surface area contributed by atoms with Gasteiger partial charge >= 0.3 is 6.09 Å². The van der Waals surface area contributed by atoms with Crippen LogP contribution in [0.1, 0.15) is 75.6 Å². The Kier molecular flexibility index (Phi) is 5.88. The van der Waals surface area contributed by atoms with E-state index in [0.29, 0.717) is 6.61 Å². The topological polar surface area (TPSA) is 38.3 Å². The standard InChI is InChI=1S/C26H33NO2/c1-7-21(18-9-12-20(13-10-18)27-24(28)29-8-2)19-11-14-22-23(17-19)26(5,6)16-15-25(22,3)4/h7,9-14,17,21H,1,8,15-16H2,2-6H3,(H,27,28). The van der Waals surface area contributed by atoms with E-state index in [2.05, 4.69) is 57.8 Å².